The van der Waals surface area contributed by atoms with Crippen LogP contribution in [-0.4, -0.2) is 26.5 Å². The summed E-state index contributed by atoms with van der Waals surface area (Å²) in [5.41, 5.74) is 0.477. The Labute approximate surface area is 171 Å². The van der Waals surface area contributed by atoms with Gasteiger partial charge in [0.05, 0.1) is 4.90 Å². The molecule has 1 unspecified atom stereocenters. The summed E-state index contributed by atoms with van der Waals surface area (Å²) in [6.45, 7) is 4.39. The van der Waals surface area contributed by atoms with Crippen LogP contribution in [0.15, 0.2) is 33.9 Å². The molecule has 2 rings (SSSR count). The van der Waals surface area contributed by atoms with E-state index in [1.54, 1.807) is 19.9 Å². The van der Waals surface area contributed by atoms with Crippen LogP contribution in [0, 0.1) is 6.92 Å². The van der Waals surface area contributed by atoms with E-state index in [0.717, 1.165) is 11.3 Å². The van der Waals surface area contributed by atoms with Crippen molar-refractivity contribution in [2.24, 2.45) is 0 Å². The predicted molar refractivity (Wildman–Crippen MR) is 104 cm³/mol. The third-order valence-corrected chi connectivity index (χ3v) is 6.18. The largest absolute Gasteiger partial charge is 0.450 e. The van der Waals surface area contributed by atoms with Gasteiger partial charge in [0.2, 0.25) is 11.9 Å². The molecule has 1 N–H and O–H groups in total. The monoisotopic (exact) mass is 447 g/mol. The van der Waals surface area contributed by atoms with Crippen molar-refractivity contribution >= 4 is 50.6 Å². The highest BCUT2D eigenvalue weighted by molar-refractivity contribution is 7.92. The number of anilines is 1. The number of carbonyl (C=O) groups is 2. The summed E-state index contributed by atoms with van der Waals surface area (Å²) in [5.74, 6) is -1.56. The summed E-state index contributed by atoms with van der Waals surface area (Å²) >= 11 is 7.12. The summed E-state index contributed by atoms with van der Waals surface area (Å²) in [7, 11) is -3.95. The number of esters is 1. The molecule has 28 heavy (non-hydrogen) atoms. The van der Waals surface area contributed by atoms with E-state index >= 15 is 0 Å². The third kappa shape index (κ3) is 5.37. The molecule has 1 aromatic carbocycles. The second-order valence-corrected chi connectivity index (χ2v) is 8.41. The van der Waals surface area contributed by atoms with Crippen molar-refractivity contribution in [3.05, 3.63) is 39.5 Å². The number of rotatable bonds is 8. The predicted octanol–water partition coefficient (Wildman–Crippen LogP) is 3.69. The van der Waals surface area contributed by atoms with Gasteiger partial charge in [0.25, 0.3) is 10.0 Å². The van der Waals surface area contributed by atoms with Crippen LogP contribution >= 0.6 is 22.9 Å². The van der Waals surface area contributed by atoms with E-state index in [1.807, 2.05) is 0 Å². The fourth-order valence-corrected chi connectivity index (χ4v) is 4.44. The van der Waals surface area contributed by atoms with Crippen molar-refractivity contribution in [2.45, 2.75) is 38.2 Å². The highest BCUT2D eigenvalue weighted by Gasteiger charge is 2.25. The van der Waals surface area contributed by atoms with Gasteiger partial charge < -0.3 is 4.74 Å². The normalized spacial score (nSPS) is 12.1. The highest BCUT2D eigenvalue weighted by atomic mass is 35.5. The molecule has 0 aliphatic heterocycles. The maximum absolute atomic E-state index is 12.7. The number of thiophene rings is 1. The van der Waals surface area contributed by atoms with E-state index in [-0.39, 0.29) is 22.8 Å². The Hall–Kier alpha value is -2.30. The van der Waals surface area contributed by atoms with Crippen LogP contribution in [0.2, 0.25) is 5.02 Å². The van der Waals surface area contributed by atoms with Gasteiger partial charge in [0.15, 0.2) is 0 Å². The number of nitrogens with one attached hydrogen (secondary N) is 1. The molecule has 11 heteroatoms. The van der Waals surface area contributed by atoms with Crippen LogP contribution in [0.25, 0.3) is 0 Å². The maximum Gasteiger partial charge on any atom is 0.395 e. The first-order chi connectivity index (χ1) is 13.2. The first-order valence-electron chi connectivity index (χ1n) is 8.05. The molecule has 2 aromatic rings. The van der Waals surface area contributed by atoms with Crippen molar-refractivity contribution in [1.82, 2.24) is 0 Å². The molecule has 1 heterocycles. The first-order valence-corrected chi connectivity index (χ1v) is 10.9. The van der Waals surface area contributed by atoms with Gasteiger partial charge >= 0.3 is 11.9 Å². The highest BCUT2D eigenvalue weighted by Crippen LogP contribution is 2.32. The molecule has 0 aliphatic carbocycles. The van der Waals surface area contributed by atoms with Gasteiger partial charge in [0, 0.05) is 22.7 Å². The minimum Gasteiger partial charge on any atom is -0.450 e. The topological polar surface area (TPSA) is 108 Å². The van der Waals surface area contributed by atoms with E-state index < -0.39 is 28.1 Å². The molecular weight excluding hydrogens is 430 g/mol. The van der Waals surface area contributed by atoms with E-state index in [9.17, 15) is 18.0 Å². The third-order valence-electron chi connectivity index (χ3n) is 3.53. The summed E-state index contributed by atoms with van der Waals surface area (Å²) in [6, 6.07) is 4.53. The fraction of sp³-hybridized carbons (Fsp3) is 0.294. The lowest BCUT2D eigenvalue weighted by molar-refractivity contribution is -0.224. The second-order valence-electron chi connectivity index (χ2n) is 5.61. The van der Waals surface area contributed by atoms with Crippen LogP contribution in [0.3, 0.4) is 0 Å². The number of hydrogen-bond donors (Lipinski definition) is 1. The fourth-order valence-electron chi connectivity index (χ4n) is 2.14. The summed E-state index contributed by atoms with van der Waals surface area (Å²) in [5, 5.41) is 3.24. The molecule has 0 radical (unpaired) electrons. The van der Waals surface area contributed by atoms with Crippen LogP contribution < -0.4 is 9.61 Å². The zero-order valence-corrected chi connectivity index (χ0v) is 17.6. The van der Waals surface area contributed by atoms with E-state index in [1.165, 1.54) is 29.8 Å². The lowest BCUT2D eigenvalue weighted by Crippen LogP contribution is -2.28. The van der Waals surface area contributed by atoms with Gasteiger partial charge in [-0.05, 0) is 31.0 Å². The van der Waals surface area contributed by atoms with Gasteiger partial charge in [-0.15, -0.1) is 11.3 Å². The second kappa shape index (κ2) is 9.26. The summed E-state index contributed by atoms with van der Waals surface area (Å²) < 4.78 is 32.5. The molecule has 0 fully saturated rings. The Morgan fingerprint density at radius 3 is 2.64 bits per heavy atom. The zero-order valence-electron chi connectivity index (χ0n) is 15.2. The Morgan fingerprint density at radius 2 is 2.00 bits per heavy atom. The van der Waals surface area contributed by atoms with Crippen molar-refractivity contribution < 1.29 is 32.5 Å². The van der Waals surface area contributed by atoms with Crippen LogP contribution in [0.4, 0.5) is 5.69 Å². The molecule has 0 spiro atoms. The minimum absolute atomic E-state index is 0.00931. The van der Waals surface area contributed by atoms with E-state index in [2.05, 4.69) is 9.61 Å². The van der Waals surface area contributed by atoms with Gasteiger partial charge in [-0.25, -0.2) is 18.1 Å². The van der Waals surface area contributed by atoms with Gasteiger partial charge in [-0.2, -0.15) is 0 Å². The maximum atomic E-state index is 12.7. The molecule has 0 bridgehead atoms. The Balaban J connectivity index is 2.12. The molecule has 0 amide bonds. The van der Waals surface area contributed by atoms with Crippen molar-refractivity contribution in [3.8, 4) is 5.75 Å². The number of hydrogen-bond acceptors (Lipinski definition) is 8. The molecule has 0 aliphatic rings. The number of carbonyl (C=O) groups excluding carboxylic acids is 2. The average Bonchev–Trinajstić information content (AvgIpc) is 3.05. The van der Waals surface area contributed by atoms with Crippen molar-refractivity contribution in [3.63, 3.8) is 0 Å². The van der Waals surface area contributed by atoms with Gasteiger partial charge in [0.1, 0.15) is 5.69 Å². The summed E-state index contributed by atoms with van der Waals surface area (Å²) in [4.78, 5) is 32.6. The van der Waals surface area contributed by atoms with Gasteiger partial charge in [-0.3, -0.25) is 14.4 Å². The molecule has 152 valence electrons. The Morgan fingerprint density at radius 1 is 1.29 bits per heavy atom. The number of benzene rings is 1. The summed E-state index contributed by atoms with van der Waals surface area (Å²) in [6.07, 6.45) is -0.927. The average molecular weight is 448 g/mol. The Bertz CT molecular complexity index is 972. The van der Waals surface area contributed by atoms with Crippen LogP contribution in [0.5, 0.6) is 5.75 Å². The minimum atomic E-state index is -3.95. The molecule has 0 saturated heterocycles. The number of halogens is 1. The van der Waals surface area contributed by atoms with Crippen LogP contribution in [-0.2, 0) is 29.2 Å². The van der Waals surface area contributed by atoms with E-state index in [4.69, 9.17) is 21.2 Å². The Kier molecular flexibility index (Phi) is 7.28. The molecular formula is C17H18ClNO7S2. The zero-order chi connectivity index (χ0) is 20.9. The first kappa shape index (κ1) is 22.0. The van der Waals surface area contributed by atoms with Crippen molar-refractivity contribution in [2.75, 3.05) is 4.72 Å². The molecule has 8 nitrogen and oxygen atoms in total. The SMILES string of the molecule is CCC(OC(C)=O)C(=O)OOc1cscc1NS(=O)(=O)c1cccc(Cl)c1C. The standard InChI is InChI=1S/C17H18ClNO7S2/c1-4-14(24-11(3)20)17(21)26-25-15-9-27-8-13(15)19-28(22,23)16-7-5-6-12(18)10(16)2/h5-9,14,19H,4H2,1-3H3. The molecule has 1 aromatic heterocycles. The molecule has 0 saturated carbocycles. The molecule has 1 atom stereocenters. The van der Waals surface area contributed by atoms with Crippen LogP contribution in [0.1, 0.15) is 25.8 Å². The van der Waals surface area contributed by atoms with E-state index in [0.29, 0.717) is 10.6 Å². The van der Waals surface area contributed by atoms with Crippen molar-refractivity contribution in [1.29, 1.82) is 0 Å². The lowest BCUT2D eigenvalue weighted by atomic mass is 10.2. The smallest absolute Gasteiger partial charge is 0.395 e. The number of ether oxygens (including phenoxy) is 1. The lowest BCUT2D eigenvalue weighted by Gasteiger charge is -2.14. The van der Waals surface area contributed by atoms with Gasteiger partial charge in [-0.1, -0.05) is 24.6 Å². The number of sulfonamides is 1. The quantitative estimate of drug-likeness (QED) is 0.373.